The smallest absolute Gasteiger partial charge is 0.320 e. The fourth-order valence-electron chi connectivity index (χ4n) is 2.22. The van der Waals surface area contributed by atoms with E-state index >= 15 is 0 Å². The molecule has 94 valence electrons. The summed E-state index contributed by atoms with van der Waals surface area (Å²) in [4.78, 5) is 13.3. The summed E-state index contributed by atoms with van der Waals surface area (Å²) >= 11 is 0. The lowest BCUT2D eigenvalue weighted by molar-refractivity contribution is -0.139. The van der Waals surface area contributed by atoms with Crippen LogP contribution >= 0.6 is 0 Å². The molecule has 4 heteroatoms. The molecule has 0 radical (unpaired) electrons. The van der Waals surface area contributed by atoms with E-state index in [-0.39, 0.29) is 6.04 Å². The van der Waals surface area contributed by atoms with Gasteiger partial charge in [0.05, 0.1) is 0 Å². The van der Waals surface area contributed by atoms with Crippen molar-refractivity contribution in [2.75, 3.05) is 26.2 Å². The molecule has 0 aromatic rings. The maximum atomic E-state index is 10.8. The lowest BCUT2D eigenvalue weighted by Gasteiger charge is -2.22. The van der Waals surface area contributed by atoms with E-state index < -0.39 is 5.97 Å². The molecule has 4 nitrogen and oxygen atoms in total. The van der Waals surface area contributed by atoms with Gasteiger partial charge in [0.25, 0.3) is 0 Å². The maximum absolute atomic E-state index is 10.8. The van der Waals surface area contributed by atoms with Crippen LogP contribution in [-0.4, -0.2) is 48.2 Å². The van der Waals surface area contributed by atoms with E-state index in [4.69, 9.17) is 5.11 Å². The van der Waals surface area contributed by atoms with Gasteiger partial charge in [-0.3, -0.25) is 4.79 Å². The van der Waals surface area contributed by atoms with Gasteiger partial charge in [-0.2, -0.15) is 0 Å². The monoisotopic (exact) mass is 228 g/mol. The molecule has 0 bridgehead atoms. The number of carbonyl (C=O) groups is 1. The highest BCUT2D eigenvalue weighted by Crippen LogP contribution is 2.09. The fourth-order valence-corrected chi connectivity index (χ4v) is 2.22. The minimum atomic E-state index is -0.740. The maximum Gasteiger partial charge on any atom is 0.320 e. The van der Waals surface area contributed by atoms with Crippen LogP contribution in [0.2, 0.25) is 0 Å². The lowest BCUT2D eigenvalue weighted by Crippen LogP contribution is -2.40. The number of carboxylic acids is 1. The number of nitrogens with one attached hydrogen (secondary N) is 1. The van der Waals surface area contributed by atoms with Crippen LogP contribution in [0.15, 0.2) is 0 Å². The van der Waals surface area contributed by atoms with Crippen LogP contribution in [-0.2, 0) is 4.79 Å². The Morgan fingerprint density at radius 2 is 2.06 bits per heavy atom. The molecule has 0 spiro atoms. The van der Waals surface area contributed by atoms with Crippen molar-refractivity contribution in [2.24, 2.45) is 5.92 Å². The third-order valence-electron chi connectivity index (χ3n) is 3.19. The van der Waals surface area contributed by atoms with Gasteiger partial charge in [0.1, 0.15) is 6.04 Å². The van der Waals surface area contributed by atoms with Gasteiger partial charge in [-0.15, -0.1) is 0 Å². The van der Waals surface area contributed by atoms with E-state index in [0.717, 1.165) is 13.1 Å². The summed E-state index contributed by atoms with van der Waals surface area (Å²) in [5, 5.41) is 12.0. The van der Waals surface area contributed by atoms with Gasteiger partial charge in [0, 0.05) is 6.54 Å². The van der Waals surface area contributed by atoms with Crippen molar-refractivity contribution in [3.8, 4) is 0 Å². The van der Waals surface area contributed by atoms with Crippen molar-refractivity contribution >= 4 is 5.97 Å². The summed E-state index contributed by atoms with van der Waals surface area (Å²) in [5.41, 5.74) is 0. The Labute approximate surface area is 98.0 Å². The van der Waals surface area contributed by atoms with Crippen LogP contribution in [0.3, 0.4) is 0 Å². The first-order valence-corrected chi connectivity index (χ1v) is 6.32. The highest BCUT2D eigenvalue weighted by Gasteiger charge is 2.17. The Morgan fingerprint density at radius 3 is 2.56 bits per heavy atom. The number of rotatable bonds is 7. The molecule has 0 aromatic heterocycles. The highest BCUT2D eigenvalue weighted by molar-refractivity contribution is 5.73. The summed E-state index contributed by atoms with van der Waals surface area (Å²) in [5.74, 6) is -0.220. The fraction of sp³-hybridized carbons (Fsp3) is 0.917. The first kappa shape index (κ1) is 13.5. The average molecular weight is 228 g/mol. The molecular formula is C12H24N2O2. The molecule has 16 heavy (non-hydrogen) atoms. The molecule has 2 N–H and O–H groups in total. The Morgan fingerprint density at radius 1 is 1.44 bits per heavy atom. The van der Waals surface area contributed by atoms with E-state index in [2.05, 4.69) is 17.1 Å². The predicted octanol–water partition coefficient (Wildman–Crippen LogP) is 1.17. The first-order valence-electron chi connectivity index (χ1n) is 6.32. The number of nitrogens with zero attached hydrogens (tertiary/aromatic N) is 1. The average Bonchev–Trinajstić information content (AvgIpc) is 2.70. The van der Waals surface area contributed by atoms with Crippen molar-refractivity contribution in [2.45, 2.75) is 39.2 Å². The Balaban J connectivity index is 2.17. The van der Waals surface area contributed by atoms with E-state index in [9.17, 15) is 4.79 Å². The molecule has 1 aliphatic rings. The summed E-state index contributed by atoms with van der Waals surface area (Å²) < 4.78 is 0. The molecule has 0 aromatic carbocycles. The molecule has 1 rings (SSSR count). The zero-order chi connectivity index (χ0) is 12.0. The van der Waals surface area contributed by atoms with Crippen LogP contribution in [0.5, 0.6) is 0 Å². The molecule has 1 aliphatic heterocycles. The molecule has 0 saturated carbocycles. The van der Waals surface area contributed by atoms with Crippen molar-refractivity contribution < 1.29 is 9.90 Å². The van der Waals surface area contributed by atoms with Crippen molar-refractivity contribution in [3.05, 3.63) is 0 Å². The van der Waals surface area contributed by atoms with Crippen molar-refractivity contribution in [1.29, 1.82) is 0 Å². The molecular weight excluding hydrogens is 204 g/mol. The number of aliphatic carboxylic acids is 1. The summed E-state index contributed by atoms with van der Waals surface area (Å²) in [7, 11) is 0. The quantitative estimate of drug-likeness (QED) is 0.687. The molecule has 2 unspecified atom stereocenters. The van der Waals surface area contributed by atoms with Crippen molar-refractivity contribution in [1.82, 2.24) is 10.2 Å². The molecule has 2 atom stereocenters. The second-order valence-corrected chi connectivity index (χ2v) is 4.82. The molecule has 0 amide bonds. The zero-order valence-electron chi connectivity index (χ0n) is 10.4. The number of hydrogen-bond donors (Lipinski definition) is 2. The van der Waals surface area contributed by atoms with Gasteiger partial charge in [0.2, 0.25) is 0 Å². The minimum Gasteiger partial charge on any atom is -0.480 e. The number of likely N-dealkylation sites (tertiary alicyclic amines) is 1. The normalized spacial score (nSPS) is 20.9. The topological polar surface area (TPSA) is 52.6 Å². The number of carboxylic acid groups (broad SMARTS) is 1. The van der Waals surface area contributed by atoms with E-state index in [1.54, 1.807) is 0 Å². The molecule has 1 heterocycles. The van der Waals surface area contributed by atoms with Crippen LogP contribution < -0.4 is 5.32 Å². The van der Waals surface area contributed by atoms with Crippen LogP contribution in [0.4, 0.5) is 0 Å². The summed E-state index contributed by atoms with van der Waals surface area (Å²) in [6.07, 6.45) is 3.27. The summed E-state index contributed by atoms with van der Waals surface area (Å²) in [6.45, 7) is 8.38. The summed E-state index contributed by atoms with van der Waals surface area (Å²) in [6, 6.07) is -0.388. The Kier molecular flexibility index (Phi) is 5.77. The van der Waals surface area contributed by atoms with E-state index in [1.165, 1.54) is 25.9 Å². The van der Waals surface area contributed by atoms with Gasteiger partial charge >= 0.3 is 5.97 Å². The van der Waals surface area contributed by atoms with E-state index in [0.29, 0.717) is 12.3 Å². The lowest BCUT2D eigenvalue weighted by atomic mass is 10.1. The SMILES string of the molecule is CCC(NCC(C)CN1CCCC1)C(=O)O. The van der Waals surface area contributed by atoms with Crippen molar-refractivity contribution in [3.63, 3.8) is 0 Å². The van der Waals surface area contributed by atoms with Gasteiger partial charge < -0.3 is 15.3 Å². The standard InChI is InChI=1S/C12H24N2O2/c1-3-11(12(15)16)13-8-10(2)9-14-6-4-5-7-14/h10-11,13H,3-9H2,1-2H3,(H,15,16). The third-order valence-corrected chi connectivity index (χ3v) is 3.19. The van der Waals surface area contributed by atoms with Gasteiger partial charge in [-0.25, -0.2) is 0 Å². The third kappa shape index (κ3) is 4.49. The first-order chi connectivity index (χ1) is 7.63. The molecule has 1 saturated heterocycles. The number of hydrogen-bond acceptors (Lipinski definition) is 3. The van der Waals surface area contributed by atoms with E-state index in [1.807, 2.05) is 6.92 Å². The van der Waals surface area contributed by atoms with Gasteiger partial charge in [0.15, 0.2) is 0 Å². The minimum absolute atomic E-state index is 0.388. The Bertz CT molecular complexity index is 215. The second kappa shape index (κ2) is 6.86. The van der Waals surface area contributed by atoms with Gasteiger partial charge in [-0.1, -0.05) is 13.8 Å². The van der Waals surface area contributed by atoms with Crippen LogP contribution in [0.1, 0.15) is 33.1 Å². The largest absolute Gasteiger partial charge is 0.480 e. The molecule has 1 fully saturated rings. The second-order valence-electron chi connectivity index (χ2n) is 4.82. The van der Waals surface area contributed by atoms with Crippen LogP contribution in [0.25, 0.3) is 0 Å². The predicted molar refractivity (Wildman–Crippen MR) is 64.6 cm³/mol. The zero-order valence-corrected chi connectivity index (χ0v) is 10.4. The van der Waals surface area contributed by atoms with Crippen LogP contribution in [0, 0.1) is 5.92 Å². The molecule has 0 aliphatic carbocycles. The Hall–Kier alpha value is -0.610. The highest BCUT2D eigenvalue weighted by atomic mass is 16.4. The van der Waals surface area contributed by atoms with Gasteiger partial charge in [-0.05, 0) is 44.8 Å².